The first-order chi connectivity index (χ1) is 14.3. The Kier molecular flexibility index (Phi) is 6.68. The lowest BCUT2D eigenvalue weighted by molar-refractivity contribution is -0.141. The average molecular weight is 419 g/mol. The zero-order chi connectivity index (χ0) is 21.6. The predicted octanol–water partition coefficient (Wildman–Crippen LogP) is 4.32. The van der Waals surface area contributed by atoms with Gasteiger partial charge < -0.3 is 20.9 Å². The van der Waals surface area contributed by atoms with Crippen LogP contribution in [0.5, 0.6) is 11.5 Å². The summed E-state index contributed by atoms with van der Waals surface area (Å²) in [5.41, 5.74) is 6.18. The summed E-state index contributed by atoms with van der Waals surface area (Å²) in [6.45, 7) is 0.122. The highest BCUT2D eigenvalue weighted by Crippen LogP contribution is 2.31. The van der Waals surface area contributed by atoms with Gasteiger partial charge in [-0.3, -0.25) is 4.98 Å². The minimum absolute atomic E-state index is 0.0362. The minimum Gasteiger partial charge on any atom is -0.457 e. The van der Waals surface area contributed by atoms with Crippen LogP contribution in [0.2, 0.25) is 0 Å². The van der Waals surface area contributed by atoms with E-state index in [0.29, 0.717) is 30.1 Å². The normalized spacial score (nSPS) is 11.3. The van der Waals surface area contributed by atoms with Crippen LogP contribution < -0.4 is 15.8 Å². The number of anilines is 3. The van der Waals surface area contributed by atoms with E-state index in [1.807, 2.05) is 0 Å². The van der Waals surface area contributed by atoms with Crippen molar-refractivity contribution in [2.75, 3.05) is 17.7 Å². The number of aromatic nitrogens is 3. The highest BCUT2D eigenvalue weighted by molar-refractivity contribution is 5.58. The number of nitrogens with two attached hydrogens (primary N) is 1. The maximum Gasteiger partial charge on any atom is 0.433 e. The Morgan fingerprint density at radius 1 is 1.00 bits per heavy atom. The second-order valence-corrected chi connectivity index (χ2v) is 6.41. The molecule has 0 aliphatic carbocycles. The zero-order valence-electron chi connectivity index (χ0n) is 15.9. The fourth-order valence-corrected chi connectivity index (χ4v) is 2.65. The van der Waals surface area contributed by atoms with Gasteiger partial charge in [-0.25, -0.2) is 4.98 Å². The van der Waals surface area contributed by atoms with Crippen LogP contribution in [0.1, 0.15) is 24.2 Å². The molecular formula is C20H20F3N5O2. The molecule has 30 heavy (non-hydrogen) atoms. The van der Waals surface area contributed by atoms with Crippen LogP contribution in [0.4, 0.5) is 30.6 Å². The summed E-state index contributed by atoms with van der Waals surface area (Å²) in [6.07, 6.45) is -1.37. The molecule has 10 heteroatoms. The van der Waals surface area contributed by atoms with Crippen molar-refractivity contribution in [3.05, 3.63) is 60.0 Å². The number of ether oxygens (including phenoxy) is 1. The summed E-state index contributed by atoms with van der Waals surface area (Å²) in [4.78, 5) is 11.6. The zero-order valence-corrected chi connectivity index (χ0v) is 15.9. The summed E-state index contributed by atoms with van der Waals surface area (Å²) in [6, 6.07) is 10.6. The number of alkyl halides is 3. The van der Waals surface area contributed by atoms with Crippen molar-refractivity contribution >= 4 is 17.5 Å². The number of hydrogen-bond donors (Lipinski definition) is 3. The molecule has 1 aromatic carbocycles. The SMILES string of the molecule is Nc1nc(CCCCO)cc(Nc2ccc(Oc3ccnc(C(F)(F)F)c3)cc2)n1. The second-order valence-electron chi connectivity index (χ2n) is 6.41. The summed E-state index contributed by atoms with van der Waals surface area (Å²) in [7, 11) is 0. The molecule has 0 amide bonds. The third-order valence-electron chi connectivity index (χ3n) is 4.02. The predicted molar refractivity (Wildman–Crippen MR) is 106 cm³/mol. The summed E-state index contributed by atoms with van der Waals surface area (Å²) >= 11 is 0. The van der Waals surface area contributed by atoms with Gasteiger partial charge in [0.2, 0.25) is 5.95 Å². The van der Waals surface area contributed by atoms with Crippen molar-refractivity contribution < 1.29 is 23.0 Å². The first kappa shape index (κ1) is 21.3. The van der Waals surface area contributed by atoms with Crippen LogP contribution in [0.15, 0.2) is 48.7 Å². The molecule has 0 fully saturated rings. The Balaban J connectivity index is 1.66. The van der Waals surface area contributed by atoms with E-state index in [2.05, 4.69) is 20.3 Å². The molecule has 0 radical (unpaired) electrons. The number of hydrogen-bond acceptors (Lipinski definition) is 7. The molecule has 3 rings (SSSR count). The number of nitrogen functional groups attached to an aromatic ring is 1. The average Bonchev–Trinajstić information content (AvgIpc) is 2.69. The standard InChI is InChI=1S/C20H20F3N5O2/c21-20(22,23)17-12-16(8-9-25-17)30-15-6-4-13(5-7-15)26-18-11-14(3-1-2-10-29)27-19(24)28-18/h4-9,11-12,29H,1-3,10H2,(H3,24,26,27,28). The van der Waals surface area contributed by atoms with E-state index >= 15 is 0 Å². The van der Waals surface area contributed by atoms with Crippen molar-refractivity contribution in [3.8, 4) is 11.5 Å². The summed E-state index contributed by atoms with van der Waals surface area (Å²) in [5.74, 6) is 1.05. The molecule has 0 atom stereocenters. The number of nitrogens with one attached hydrogen (secondary N) is 1. The Hall–Kier alpha value is -3.40. The van der Waals surface area contributed by atoms with Gasteiger partial charge in [0.25, 0.3) is 0 Å². The lowest BCUT2D eigenvalue weighted by atomic mass is 10.2. The molecule has 0 unspecified atom stereocenters. The van der Waals surface area contributed by atoms with Gasteiger partial charge >= 0.3 is 6.18 Å². The molecule has 0 bridgehead atoms. The number of nitrogens with zero attached hydrogens (tertiary/aromatic N) is 3. The highest BCUT2D eigenvalue weighted by atomic mass is 19.4. The number of pyridine rings is 1. The topological polar surface area (TPSA) is 106 Å². The number of aryl methyl sites for hydroxylation is 1. The maximum absolute atomic E-state index is 12.8. The van der Waals surface area contributed by atoms with Gasteiger partial charge in [-0.2, -0.15) is 18.2 Å². The summed E-state index contributed by atoms with van der Waals surface area (Å²) < 4.78 is 43.7. The van der Waals surface area contributed by atoms with Gasteiger partial charge in [-0.05, 0) is 49.6 Å². The summed E-state index contributed by atoms with van der Waals surface area (Å²) in [5, 5.41) is 12.0. The van der Waals surface area contributed by atoms with E-state index in [-0.39, 0.29) is 18.3 Å². The van der Waals surface area contributed by atoms with Gasteiger partial charge in [-0.1, -0.05) is 0 Å². The fraction of sp³-hybridized carbons (Fsp3) is 0.250. The van der Waals surface area contributed by atoms with E-state index in [1.54, 1.807) is 30.3 Å². The third-order valence-corrected chi connectivity index (χ3v) is 4.02. The van der Waals surface area contributed by atoms with Gasteiger partial charge in [0.05, 0.1) is 0 Å². The highest BCUT2D eigenvalue weighted by Gasteiger charge is 2.32. The third kappa shape index (κ3) is 6.05. The van der Waals surface area contributed by atoms with Crippen molar-refractivity contribution in [3.63, 3.8) is 0 Å². The fourth-order valence-electron chi connectivity index (χ4n) is 2.65. The van der Waals surface area contributed by atoms with Crippen LogP contribution >= 0.6 is 0 Å². The molecule has 0 saturated heterocycles. The molecule has 2 aromatic heterocycles. The number of unbranched alkanes of at least 4 members (excludes halogenated alkanes) is 1. The van der Waals surface area contributed by atoms with Crippen LogP contribution in [0, 0.1) is 0 Å². The van der Waals surface area contributed by atoms with Crippen LogP contribution in [0.3, 0.4) is 0 Å². The van der Waals surface area contributed by atoms with Crippen molar-refractivity contribution in [1.82, 2.24) is 15.0 Å². The molecule has 0 aliphatic heterocycles. The molecule has 0 saturated carbocycles. The Morgan fingerprint density at radius 3 is 2.47 bits per heavy atom. The number of rotatable bonds is 8. The molecule has 7 nitrogen and oxygen atoms in total. The lowest BCUT2D eigenvalue weighted by Crippen LogP contribution is -2.07. The second kappa shape index (κ2) is 9.40. The van der Waals surface area contributed by atoms with Crippen LogP contribution in [0.25, 0.3) is 0 Å². The smallest absolute Gasteiger partial charge is 0.433 e. The number of halogens is 3. The molecular weight excluding hydrogens is 399 g/mol. The van der Waals surface area contributed by atoms with E-state index in [1.165, 1.54) is 6.07 Å². The van der Waals surface area contributed by atoms with Crippen LogP contribution in [-0.4, -0.2) is 26.7 Å². The van der Waals surface area contributed by atoms with E-state index in [0.717, 1.165) is 24.4 Å². The van der Waals surface area contributed by atoms with Crippen molar-refractivity contribution in [2.45, 2.75) is 25.4 Å². The molecule has 3 aromatic rings. The molecule has 0 spiro atoms. The van der Waals surface area contributed by atoms with Crippen LogP contribution in [-0.2, 0) is 12.6 Å². The largest absolute Gasteiger partial charge is 0.457 e. The number of benzene rings is 1. The minimum atomic E-state index is -4.54. The lowest BCUT2D eigenvalue weighted by Gasteiger charge is -2.11. The Labute approximate surface area is 170 Å². The number of aliphatic hydroxyl groups excluding tert-OH is 1. The maximum atomic E-state index is 12.8. The Morgan fingerprint density at radius 2 is 1.77 bits per heavy atom. The molecule has 0 aliphatic rings. The first-order valence-corrected chi connectivity index (χ1v) is 9.16. The molecule has 158 valence electrons. The molecule has 4 N–H and O–H groups in total. The van der Waals surface area contributed by atoms with Gasteiger partial charge in [0.1, 0.15) is 23.0 Å². The quantitative estimate of drug-likeness (QED) is 0.467. The Bertz CT molecular complexity index is 981. The molecule has 2 heterocycles. The van der Waals surface area contributed by atoms with E-state index in [4.69, 9.17) is 15.6 Å². The van der Waals surface area contributed by atoms with Crippen molar-refractivity contribution in [1.29, 1.82) is 0 Å². The van der Waals surface area contributed by atoms with Gasteiger partial charge in [0, 0.05) is 36.3 Å². The van der Waals surface area contributed by atoms with E-state index in [9.17, 15) is 13.2 Å². The van der Waals surface area contributed by atoms with E-state index < -0.39 is 11.9 Å². The van der Waals surface area contributed by atoms with Gasteiger partial charge in [0.15, 0.2) is 0 Å². The van der Waals surface area contributed by atoms with Crippen molar-refractivity contribution in [2.24, 2.45) is 0 Å². The first-order valence-electron chi connectivity index (χ1n) is 9.16. The number of aliphatic hydroxyl groups is 1. The van der Waals surface area contributed by atoms with Gasteiger partial charge in [-0.15, -0.1) is 0 Å². The monoisotopic (exact) mass is 419 g/mol.